The van der Waals surface area contributed by atoms with Crippen LogP contribution >= 0.6 is 0 Å². The molecule has 1 aromatic rings. The van der Waals surface area contributed by atoms with Gasteiger partial charge in [-0.3, -0.25) is 0 Å². The lowest BCUT2D eigenvalue weighted by Gasteiger charge is -2.13. The molecule has 0 radical (unpaired) electrons. The molecule has 0 aliphatic carbocycles. The molecule has 0 bridgehead atoms. The van der Waals surface area contributed by atoms with Gasteiger partial charge in [0.25, 0.3) is 10.0 Å². The molecule has 1 aromatic carbocycles. The molecule has 2 N–H and O–H groups in total. The van der Waals surface area contributed by atoms with Crippen molar-refractivity contribution in [3.8, 4) is 0 Å². The van der Waals surface area contributed by atoms with E-state index in [0.717, 1.165) is 23.2 Å². The van der Waals surface area contributed by atoms with Crippen molar-refractivity contribution in [2.24, 2.45) is 0 Å². The van der Waals surface area contributed by atoms with Crippen molar-refractivity contribution in [3.05, 3.63) is 29.6 Å². The lowest BCUT2D eigenvalue weighted by molar-refractivity contribution is 0.0696. The van der Waals surface area contributed by atoms with Gasteiger partial charge < -0.3 is 5.11 Å². The molecule has 17 heavy (non-hydrogen) atoms. The summed E-state index contributed by atoms with van der Waals surface area (Å²) < 4.78 is 36.7. The van der Waals surface area contributed by atoms with Crippen molar-refractivity contribution in [3.63, 3.8) is 0 Å². The second-order valence-electron chi connectivity index (χ2n) is 3.44. The number of aromatic carboxylic acids is 1. The monoisotopic (exact) mass is 262 g/mol. The first-order chi connectivity index (χ1) is 7.74. The Kier molecular flexibility index (Phi) is 3.81. The van der Waals surface area contributed by atoms with Gasteiger partial charge in [-0.15, -0.1) is 4.83 Å². The number of halogens is 1. The number of nitrogens with zero attached hydrogens (tertiary/aromatic N) is 1. The van der Waals surface area contributed by atoms with Crippen LogP contribution in [0.5, 0.6) is 0 Å². The van der Waals surface area contributed by atoms with Crippen LogP contribution in [0.1, 0.15) is 10.4 Å². The number of hydrogen-bond acceptors (Lipinski definition) is 4. The van der Waals surface area contributed by atoms with Crippen LogP contribution < -0.4 is 4.83 Å². The zero-order valence-electron chi connectivity index (χ0n) is 9.14. The average Bonchev–Trinajstić information content (AvgIpc) is 2.15. The van der Waals surface area contributed by atoms with E-state index in [1.165, 1.54) is 14.1 Å². The zero-order chi connectivity index (χ0) is 13.2. The minimum Gasteiger partial charge on any atom is -0.478 e. The molecule has 0 amide bonds. The van der Waals surface area contributed by atoms with Gasteiger partial charge in [-0.2, -0.15) is 0 Å². The van der Waals surface area contributed by atoms with E-state index in [9.17, 15) is 17.6 Å². The number of carbonyl (C=O) groups is 1. The van der Waals surface area contributed by atoms with Crippen molar-refractivity contribution in [2.75, 3.05) is 14.1 Å². The largest absolute Gasteiger partial charge is 0.478 e. The first kappa shape index (κ1) is 13.6. The molecule has 0 saturated heterocycles. The molecule has 0 aliphatic heterocycles. The first-order valence-corrected chi connectivity index (χ1v) is 5.95. The molecule has 94 valence electrons. The topological polar surface area (TPSA) is 86.7 Å². The minimum atomic E-state index is -4.11. The van der Waals surface area contributed by atoms with Crippen LogP contribution in [0.2, 0.25) is 0 Å². The van der Waals surface area contributed by atoms with E-state index in [1.54, 1.807) is 0 Å². The number of carboxylic acid groups (broad SMARTS) is 1. The Labute approximate surface area is 97.7 Å². The summed E-state index contributed by atoms with van der Waals surface area (Å²) in [5.74, 6) is -2.34. The molecule has 0 unspecified atom stereocenters. The van der Waals surface area contributed by atoms with Crippen LogP contribution in [-0.4, -0.2) is 38.6 Å². The predicted octanol–water partition coefficient (Wildman–Crippen LogP) is 0.279. The summed E-state index contributed by atoms with van der Waals surface area (Å²) in [5.41, 5.74) is -0.300. The summed E-state index contributed by atoms with van der Waals surface area (Å²) in [7, 11) is -1.28. The molecule has 0 atom stereocenters. The van der Waals surface area contributed by atoms with Crippen LogP contribution in [0.3, 0.4) is 0 Å². The molecule has 1 rings (SSSR count). The lowest BCUT2D eigenvalue weighted by atomic mass is 10.2. The van der Waals surface area contributed by atoms with Crippen LogP contribution in [-0.2, 0) is 10.0 Å². The van der Waals surface area contributed by atoms with Gasteiger partial charge in [0.05, 0.1) is 5.56 Å². The van der Waals surface area contributed by atoms with Crippen molar-refractivity contribution in [2.45, 2.75) is 4.90 Å². The third kappa shape index (κ3) is 3.22. The van der Waals surface area contributed by atoms with Crippen LogP contribution in [0.25, 0.3) is 0 Å². The normalized spacial score (nSPS) is 11.8. The quantitative estimate of drug-likeness (QED) is 0.761. The third-order valence-electron chi connectivity index (χ3n) is 1.77. The van der Waals surface area contributed by atoms with E-state index in [1.807, 2.05) is 4.83 Å². The summed E-state index contributed by atoms with van der Waals surface area (Å²) in [5, 5.41) is 9.81. The number of hydrazine groups is 1. The molecular formula is C9H11FN2O4S. The van der Waals surface area contributed by atoms with Gasteiger partial charge in [0, 0.05) is 14.1 Å². The number of carboxylic acids is 1. The van der Waals surface area contributed by atoms with Gasteiger partial charge in [-0.05, 0) is 18.2 Å². The van der Waals surface area contributed by atoms with Crippen LogP contribution in [0, 0.1) is 5.82 Å². The molecule has 0 aromatic heterocycles. The fraction of sp³-hybridized carbons (Fsp3) is 0.222. The van der Waals surface area contributed by atoms with E-state index in [4.69, 9.17) is 5.11 Å². The van der Waals surface area contributed by atoms with E-state index < -0.39 is 26.7 Å². The van der Waals surface area contributed by atoms with E-state index in [2.05, 4.69) is 0 Å². The summed E-state index contributed by atoms with van der Waals surface area (Å²) in [4.78, 5) is 12.0. The highest BCUT2D eigenvalue weighted by molar-refractivity contribution is 7.89. The summed E-state index contributed by atoms with van der Waals surface area (Å²) >= 11 is 0. The Balaban J connectivity index is 3.30. The standard InChI is InChI=1S/C9H11FN2O4S/c1-12(2)11-17(15,16)8-5-6(9(13)14)3-4-7(8)10/h3-5,11H,1-2H3,(H,13,14). The Hall–Kier alpha value is -1.51. The highest BCUT2D eigenvalue weighted by Crippen LogP contribution is 2.16. The average molecular weight is 262 g/mol. The highest BCUT2D eigenvalue weighted by Gasteiger charge is 2.21. The second-order valence-corrected chi connectivity index (χ2v) is 5.07. The Bertz CT molecular complexity index is 542. The van der Waals surface area contributed by atoms with Crippen molar-refractivity contribution >= 4 is 16.0 Å². The fourth-order valence-corrected chi connectivity index (χ4v) is 2.32. The number of sulfonamides is 1. The zero-order valence-corrected chi connectivity index (χ0v) is 9.95. The van der Waals surface area contributed by atoms with Gasteiger partial charge in [0.1, 0.15) is 10.7 Å². The summed E-state index contributed by atoms with van der Waals surface area (Å²) in [6, 6.07) is 2.56. The maximum atomic E-state index is 13.3. The van der Waals surface area contributed by atoms with Crippen LogP contribution in [0.4, 0.5) is 4.39 Å². The second kappa shape index (κ2) is 4.78. The molecule has 0 aliphatic rings. The first-order valence-electron chi connectivity index (χ1n) is 4.46. The van der Waals surface area contributed by atoms with Gasteiger partial charge in [0.2, 0.25) is 0 Å². The number of rotatable bonds is 4. The predicted molar refractivity (Wildman–Crippen MR) is 57.4 cm³/mol. The molecule has 0 heterocycles. The lowest BCUT2D eigenvalue weighted by Crippen LogP contribution is -2.36. The Morgan fingerprint density at radius 2 is 2.00 bits per heavy atom. The third-order valence-corrected chi connectivity index (χ3v) is 3.27. The summed E-state index contributed by atoms with van der Waals surface area (Å²) in [6.07, 6.45) is 0. The van der Waals surface area contributed by atoms with E-state index >= 15 is 0 Å². The summed E-state index contributed by atoms with van der Waals surface area (Å²) in [6.45, 7) is 0. The van der Waals surface area contributed by atoms with Gasteiger partial charge in [0.15, 0.2) is 0 Å². The smallest absolute Gasteiger partial charge is 0.335 e. The Morgan fingerprint density at radius 1 is 1.41 bits per heavy atom. The maximum absolute atomic E-state index is 13.3. The maximum Gasteiger partial charge on any atom is 0.335 e. The molecular weight excluding hydrogens is 251 g/mol. The SMILES string of the molecule is CN(C)NS(=O)(=O)c1cc(C(=O)O)ccc1F. The van der Waals surface area contributed by atoms with Gasteiger partial charge >= 0.3 is 5.97 Å². The minimum absolute atomic E-state index is 0.300. The van der Waals surface area contributed by atoms with Crippen LogP contribution in [0.15, 0.2) is 23.1 Å². The van der Waals surface area contributed by atoms with Crippen molar-refractivity contribution < 1.29 is 22.7 Å². The van der Waals surface area contributed by atoms with Gasteiger partial charge in [-0.25, -0.2) is 22.6 Å². The molecule has 6 nitrogen and oxygen atoms in total. The van der Waals surface area contributed by atoms with Crippen molar-refractivity contribution in [1.82, 2.24) is 9.84 Å². The van der Waals surface area contributed by atoms with Crippen molar-refractivity contribution in [1.29, 1.82) is 0 Å². The van der Waals surface area contributed by atoms with E-state index in [0.29, 0.717) is 0 Å². The Morgan fingerprint density at radius 3 is 2.47 bits per heavy atom. The number of hydrogen-bond donors (Lipinski definition) is 2. The molecule has 8 heteroatoms. The molecule has 0 spiro atoms. The van der Waals surface area contributed by atoms with Gasteiger partial charge in [-0.1, -0.05) is 0 Å². The fourth-order valence-electron chi connectivity index (χ4n) is 1.13. The van der Waals surface area contributed by atoms with E-state index in [-0.39, 0.29) is 5.56 Å². The number of benzene rings is 1. The molecule has 0 fully saturated rings. The molecule has 0 saturated carbocycles. The highest BCUT2D eigenvalue weighted by atomic mass is 32.2. The number of nitrogens with one attached hydrogen (secondary N) is 1.